The first-order chi connectivity index (χ1) is 8.04. The second-order valence-corrected chi connectivity index (χ2v) is 5.07. The number of primary sulfonamides is 1. The van der Waals surface area contributed by atoms with Crippen LogP contribution in [-0.4, -0.2) is 31.7 Å². The number of unbranched alkanes of at least 4 members (excludes halogenated alkanes) is 2. The molecule has 0 atom stereocenters. The fourth-order valence-corrected chi connectivity index (χ4v) is 1.65. The Bertz CT molecular complexity index is 430. The van der Waals surface area contributed by atoms with E-state index < -0.39 is 10.0 Å². The van der Waals surface area contributed by atoms with Crippen LogP contribution in [0.5, 0.6) is 5.88 Å². The average molecular weight is 260 g/mol. The highest BCUT2D eigenvalue weighted by atomic mass is 32.2. The van der Waals surface area contributed by atoms with Crippen molar-refractivity contribution in [1.82, 2.24) is 4.98 Å². The predicted octanol–water partition coefficient (Wildman–Crippen LogP) is 0.270. The highest BCUT2D eigenvalue weighted by Gasteiger charge is 2.07. The molecule has 0 unspecified atom stereocenters. The topological polar surface area (TPSA) is 103 Å². The van der Waals surface area contributed by atoms with Gasteiger partial charge in [-0.05, 0) is 25.3 Å². The number of hydrogen-bond donors (Lipinski definition) is 2. The third kappa shape index (κ3) is 5.12. The summed E-state index contributed by atoms with van der Waals surface area (Å²) >= 11 is 0. The van der Waals surface area contributed by atoms with Crippen molar-refractivity contribution in [2.75, 3.05) is 13.2 Å². The van der Waals surface area contributed by atoms with Crippen LogP contribution in [0.25, 0.3) is 0 Å². The highest BCUT2D eigenvalue weighted by molar-refractivity contribution is 7.89. The van der Waals surface area contributed by atoms with Crippen molar-refractivity contribution in [3.63, 3.8) is 0 Å². The standard InChI is InChI=1S/C10H16N2O4S/c11-17(14,15)9-4-5-10(12-8-9)16-7-3-1-2-6-13/h4-5,8,13H,1-3,6-7H2,(H2,11,14,15). The maximum Gasteiger partial charge on any atom is 0.239 e. The molecule has 6 nitrogen and oxygen atoms in total. The molecule has 0 saturated heterocycles. The minimum atomic E-state index is -3.70. The van der Waals surface area contributed by atoms with Gasteiger partial charge in [0.15, 0.2) is 0 Å². The van der Waals surface area contributed by atoms with Gasteiger partial charge < -0.3 is 9.84 Å². The second-order valence-electron chi connectivity index (χ2n) is 3.51. The molecule has 17 heavy (non-hydrogen) atoms. The van der Waals surface area contributed by atoms with E-state index in [-0.39, 0.29) is 11.5 Å². The van der Waals surface area contributed by atoms with Crippen LogP contribution < -0.4 is 9.88 Å². The number of hydrogen-bond acceptors (Lipinski definition) is 5. The summed E-state index contributed by atoms with van der Waals surface area (Å²) in [5.74, 6) is 0.362. The third-order valence-corrected chi connectivity index (χ3v) is 2.99. The highest BCUT2D eigenvalue weighted by Crippen LogP contribution is 2.11. The summed E-state index contributed by atoms with van der Waals surface area (Å²) in [6, 6.07) is 2.82. The van der Waals surface area contributed by atoms with E-state index in [9.17, 15) is 8.42 Å². The molecule has 1 aromatic rings. The molecule has 1 aromatic heterocycles. The maximum absolute atomic E-state index is 10.9. The van der Waals surface area contributed by atoms with Crippen LogP contribution in [-0.2, 0) is 10.0 Å². The van der Waals surface area contributed by atoms with Crippen molar-refractivity contribution in [3.05, 3.63) is 18.3 Å². The molecular weight excluding hydrogens is 244 g/mol. The van der Waals surface area contributed by atoms with E-state index in [0.29, 0.717) is 12.5 Å². The van der Waals surface area contributed by atoms with Crippen molar-refractivity contribution in [2.45, 2.75) is 24.2 Å². The van der Waals surface area contributed by atoms with Crippen LogP contribution in [0.3, 0.4) is 0 Å². The van der Waals surface area contributed by atoms with Crippen molar-refractivity contribution in [3.8, 4) is 5.88 Å². The zero-order valence-electron chi connectivity index (χ0n) is 9.37. The summed E-state index contributed by atoms with van der Waals surface area (Å²) in [7, 11) is -3.70. The molecule has 1 heterocycles. The maximum atomic E-state index is 10.9. The Morgan fingerprint density at radius 3 is 2.59 bits per heavy atom. The normalized spacial score (nSPS) is 11.4. The van der Waals surface area contributed by atoms with E-state index in [1.54, 1.807) is 0 Å². The minimum Gasteiger partial charge on any atom is -0.478 e. The molecule has 3 N–H and O–H groups in total. The average Bonchev–Trinajstić information content (AvgIpc) is 2.28. The quantitative estimate of drug-likeness (QED) is 0.685. The van der Waals surface area contributed by atoms with Gasteiger partial charge in [-0.25, -0.2) is 18.5 Å². The number of aromatic nitrogens is 1. The molecule has 96 valence electrons. The molecule has 7 heteroatoms. The molecule has 0 aliphatic carbocycles. The molecule has 0 saturated carbocycles. The van der Waals surface area contributed by atoms with E-state index in [2.05, 4.69) is 4.98 Å². The number of aliphatic hydroxyl groups is 1. The lowest BCUT2D eigenvalue weighted by molar-refractivity contribution is 0.262. The number of pyridine rings is 1. The number of aliphatic hydroxyl groups excluding tert-OH is 1. The van der Waals surface area contributed by atoms with Gasteiger partial charge in [0.05, 0.1) is 12.8 Å². The van der Waals surface area contributed by atoms with Crippen molar-refractivity contribution < 1.29 is 18.3 Å². The fraction of sp³-hybridized carbons (Fsp3) is 0.500. The van der Waals surface area contributed by atoms with Gasteiger partial charge in [-0.3, -0.25) is 0 Å². The van der Waals surface area contributed by atoms with Gasteiger partial charge in [0.2, 0.25) is 15.9 Å². The zero-order chi connectivity index (χ0) is 12.7. The monoisotopic (exact) mass is 260 g/mol. The predicted molar refractivity (Wildman–Crippen MR) is 62.0 cm³/mol. The number of sulfonamides is 1. The summed E-state index contributed by atoms with van der Waals surface area (Å²) in [5, 5.41) is 13.5. The minimum absolute atomic E-state index is 0.0369. The fourth-order valence-electron chi connectivity index (χ4n) is 1.19. The van der Waals surface area contributed by atoms with Crippen molar-refractivity contribution >= 4 is 10.0 Å². The molecule has 0 amide bonds. The Morgan fingerprint density at radius 2 is 2.06 bits per heavy atom. The SMILES string of the molecule is NS(=O)(=O)c1ccc(OCCCCCO)nc1. The Balaban J connectivity index is 2.41. The smallest absolute Gasteiger partial charge is 0.239 e. The second kappa shape index (κ2) is 6.53. The van der Waals surface area contributed by atoms with Crippen molar-refractivity contribution in [1.29, 1.82) is 0 Å². The van der Waals surface area contributed by atoms with Crippen molar-refractivity contribution in [2.24, 2.45) is 5.14 Å². The van der Waals surface area contributed by atoms with E-state index in [1.165, 1.54) is 18.3 Å². The van der Waals surface area contributed by atoms with Gasteiger partial charge in [0, 0.05) is 12.7 Å². The van der Waals surface area contributed by atoms with Gasteiger partial charge in [-0.2, -0.15) is 0 Å². The number of rotatable bonds is 7. The molecule has 1 rings (SSSR count). The van der Waals surface area contributed by atoms with E-state index >= 15 is 0 Å². The van der Waals surface area contributed by atoms with Crippen LogP contribution in [0.15, 0.2) is 23.2 Å². The molecule has 0 radical (unpaired) electrons. The Kier molecular flexibility index (Phi) is 5.33. The molecular formula is C10H16N2O4S. The van der Waals surface area contributed by atoms with Crippen LogP contribution >= 0.6 is 0 Å². The number of nitrogens with zero attached hydrogens (tertiary/aromatic N) is 1. The van der Waals surface area contributed by atoms with Gasteiger partial charge in [0.25, 0.3) is 0 Å². The largest absolute Gasteiger partial charge is 0.478 e. The Morgan fingerprint density at radius 1 is 1.29 bits per heavy atom. The van der Waals surface area contributed by atoms with Crippen LogP contribution in [0, 0.1) is 0 Å². The van der Waals surface area contributed by atoms with Gasteiger partial charge in [-0.1, -0.05) is 0 Å². The number of ether oxygens (including phenoxy) is 1. The lowest BCUT2D eigenvalue weighted by atomic mass is 10.2. The Hall–Kier alpha value is -1.18. The molecule has 0 fully saturated rings. The zero-order valence-corrected chi connectivity index (χ0v) is 10.2. The summed E-state index contributed by atoms with van der Waals surface area (Å²) in [4.78, 5) is 3.80. The molecule has 0 spiro atoms. The van der Waals surface area contributed by atoms with E-state index in [4.69, 9.17) is 15.0 Å². The Labute approximate surface area is 100 Å². The first-order valence-electron chi connectivity index (χ1n) is 5.26. The van der Waals surface area contributed by atoms with Crippen LogP contribution in [0.2, 0.25) is 0 Å². The first kappa shape index (κ1) is 13.9. The summed E-state index contributed by atoms with van der Waals surface area (Å²) < 4.78 is 27.2. The van der Waals surface area contributed by atoms with Gasteiger partial charge in [-0.15, -0.1) is 0 Å². The third-order valence-electron chi connectivity index (χ3n) is 2.09. The van der Waals surface area contributed by atoms with Gasteiger partial charge in [0.1, 0.15) is 4.90 Å². The van der Waals surface area contributed by atoms with Crippen LogP contribution in [0.4, 0.5) is 0 Å². The van der Waals surface area contributed by atoms with E-state index in [0.717, 1.165) is 19.3 Å². The summed E-state index contributed by atoms with van der Waals surface area (Å²) in [5.41, 5.74) is 0. The number of nitrogens with two attached hydrogens (primary N) is 1. The lowest BCUT2D eigenvalue weighted by Crippen LogP contribution is -2.12. The van der Waals surface area contributed by atoms with Crippen LogP contribution in [0.1, 0.15) is 19.3 Å². The molecule has 0 aromatic carbocycles. The van der Waals surface area contributed by atoms with Gasteiger partial charge >= 0.3 is 0 Å². The summed E-state index contributed by atoms with van der Waals surface area (Å²) in [6.07, 6.45) is 3.62. The molecule has 0 aliphatic rings. The summed E-state index contributed by atoms with van der Waals surface area (Å²) in [6.45, 7) is 0.670. The van der Waals surface area contributed by atoms with E-state index in [1.807, 2.05) is 0 Å². The first-order valence-corrected chi connectivity index (χ1v) is 6.81. The molecule has 0 aliphatic heterocycles. The lowest BCUT2D eigenvalue weighted by Gasteiger charge is -2.05. The molecule has 0 bridgehead atoms.